The fraction of sp³-hybridized carbons (Fsp3) is 0.138. The van der Waals surface area contributed by atoms with Crippen molar-refractivity contribution in [3.8, 4) is 5.75 Å². The minimum Gasteiger partial charge on any atom is -0.507 e. The van der Waals surface area contributed by atoms with Crippen LogP contribution in [-0.2, 0) is 9.59 Å². The number of ether oxygens (including phenoxy) is 1. The largest absolute Gasteiger partial charge is 0.507 e. The van der Waals surface area contributed by atoms with E-state index < -0.39 is 17.7 Å². The number of aliphatic hydroxyl groups excluding tert-OH is 1. The molecule has 0 radical (unpaired) electrons. The highest BCUT2D eigenvalue weighted by molar-refractivity contribution is 6.52. The van der Waals surface area contributed by atoms with E-state index in [2.05, 4.69) is 4.98 Å². The van der Waals surface area contributed by atoms with E-state index in [-0.39, 0.29) is 11.3 Å². The average Bonchev–Trinajstić information content (AvgIpc) is 3.18. The number of amides is 1. The van der Waals surface area contributed by atoms with Gasteiger partial charge < -0.3 is 14.7 Å². The number of ketones is 1. The fourth-order valence-electron chi connectivity index (χ4n) is 4.97. The molecule has 1 aromatic heterocycles. The molecule has 1 unspecified atom stereocenters. The van der Waals surface area contributed by atoms with Gasteiger partial charge in [0.05, 0.1) is 29.2 Å². The number of hydrogen-bond donors (Lipinski definition) is 1. The molecule has 3 aromatic carbocycles. The summed E-state index contributed by atoms with van der Waals surface area (Å²) in [5, 5.41) is 13.3. The number of pyridine rings is 1. The molecule has 1 saturated heterocycles. The smallest absolute Gasteiger partial charge is 0.300 e. The van der Waals surface area contributed by atoms with Crippen molar-refractivity contribution in [2.45, 2.75) is 6.04 Å². The van der Waals surface area contributed by atoms with Crippen molar-refractivity contribution < 1.29 is 19.4 Å². The lowest BCUT2D eigenvalue weighted by molar-refractivity contribution is -0.132. The van der Waals surface area contributed by atoms with Gasteiger partial charge in [-0.2, -0.15) is 0 Å². The van der Waals surface area contributed by atoms with Crippen molar-refractivity contribution in [1.82, 2.24) is 4.98 Å². The average molecular weight is 478 g/mol. The molecule has 4 aromatic rings. The van der Waals surface area contributed by atoms with E-state index in [0.717, 1.165) is 16.5 Å². The topological polar surface area (TPSA) is 83.0 Å². The van der Waals surface area contributed by atoms with Crippen molar-refractivity contribution >= 4 is 39.6 Å². The van der Waals surface area contributed by atoms with E-state index in [0.29, 0.717) is 35.8 Å². The molecule has 2 aliphatic rings. The molecule has 7 heteroatoms. The van der Waals surface area contributed by atoms with Gasteiger partial charge in [0, 0.05) is 24.2 Å². The van der Waals surface area contributed by atoms with Crippen LogP contribution in [0.1, 0.15) is 17.3 Å². The molecule has 1 fully saturated rings. The summed E-state index contributed by atoms with van der Waals surface area (Å²) >= 11 is 0. The summed E-state index contributed by atoms with van der Waals surface area (Å²) in [6.07, 6.45) is 1.61. The predicted octanol–water partition coefficient (Wildman–Crippen LogP) is 4.69. The Morgan fingerprint density at radius 3 is 2.61 bits per heavy atom. The number of Topliss-reactive ketones (excluding diaryl/α,β-unsaturated/α-hetero) is 1. The molecule has 0 spiro atoms. The van der Waals surface area contributed by atoms with Crippen LogP contribution in [0.3, 0.4) is 0 Å². The Labute approximate surface area is 207 Å². The van der Waals surface area contributed by atoms with Crippen LogP contribution in [0.2, 0.25) is 0 Å². The summed E-state index contributed by atoms with van der Waals surface area (Å²) in [7, 11) is 1.94. The maximum absolute atomic E-state index is 13.5. The lowest BCUT2D eigenvalue weighted by Crippen LogP contribution is -2.30. The number of benzene rings is 3. The minimum absolute atomic E-state index is 0.00552. The van der Waals surface area contributed by atoms with Gasteiger partial charge in [-0.05, 0) is 41.8 Å². The van der Waals surface area contributed by atoms with E-state index in [1.54, 1.807) is 42.6 Å². The number of rotatable bonds is 3. The van der Waals surface area contributed by atoms with Gasteiger partial charge in [-0.15, -0.1) is 0 Å². The third kappa shape index (κ3) is 3.40. The molecule has 36 heavy (non-hydrogen) atoms. The van der Waals surface area contributed by atoms with Crippen molar-refractivity contribution in [3.63, 3.8) is 0 Å². The SMILES string of the molecule is CN1CCOc2ccc(/C(O)=C3/C(=O)C(=O)N(c4cccc5ccccc45)C3c3ccccn3)cc21. The molecule has 3 heterocycles. The van der Waals surface area contributed by atoms with Crippen molar-refractivity contribution in [2.75, 3.05) is 30.0 Å². The third-order valence-electron chi connectivity index (χ3n) is 6.77. The highest BCUT2D eigenvalue weighted by Gasteiger charge is 2.48. The van der Waals surface area contributed by atoms with E-state index in [1.807, 2.05) is 54.4 Å². The van der Waals surface area contributed by atoms with Gasteiger partial charge >= 0.3 is 0 Å². The first-order chi connectivity index (χ1) is 17.5. The summed E-state index contributed by atoms with van der Waals surface area (Å²) in [6.45, 7) is 1.28. The maximum atomic E-state index is 13.5. The second-order valence-electron chi connectivity index (χ2n) is 8.87. The lowest BCUT2D eigenvalue weighted by Gasteiger charge is -2.28. The zero-order valence-corrected chi connectivity index (χ0v) is 19.6. The Hall–Kier alpha value is -4.65. The van der Waals surface area contributed by atoms with Crippen molar-refractivity contribution in [1.29, 1.82) is 0 Å². The Morgan fingerprint density at radius 1 is 0.972 bits per heavy atom. The number of aliphatic hydroxyl groups is 1. The maximum Gasteiger partial charge on any atom is 0.300 e. The molecule has 6 rings (SSSR count). The third-order valence-corrected chi connectivity index (χ3v) is 6.77. The van der Waals surface area contributed by atoms with Crippen LogP contribution in [0.5, 0.6) is 5.75 Å². The Morgan fingerprint density at radius 2 is 1.78 bits per heavy atom. The van der Waals surface area contributed by atoms with Gasteiger partial charge in [0.1, 0.15) is 24.2 Å². The molecule has 2 aliphatic heterocycles. The standard InChI is InChI=1S/C29H23N3O4/c1-31-15-16-36-24-13-12-19(17-23(24)31)27(33)25-26(21-10-4-5-14-30-21)32(29(35)28(25)34)22-11-6-8-18-7-2-3-9-20(18)22/h2-14,17,26,33H,15-16H2,1H3/b27-25-. The number of anilines is 2. The van der Waals surface area contributed by atoms with Crippen LogP contribution < -0.4 is 14.5 Å². The molecule has 0 saturated carbocycles. The summed E-state index contributed by atoms with van der Waals surface area (Å²) in [5.74, 6) is -0.994. The van der Waals surface area contributed by atoms with Crippen LogP contribution in [0.25, 0.3) is 16.5 Å². The van der Waals surface area contributed by atoms with Gasteiger partial charge in [-0.1, -0.05) is 42.5 Å². The van der Waals surface area contributed by atoms with Gasteiger partial charge in [-0.25, -0.2) is 0 Å². The van der Waals surface area contributed by atoms with Crippen molar-refractivity contribution in [3.05, 3.63) is 102 Å². The van der Waals surface area contributed by atoms with Gasteiger partial charge in [0.25, 0.3) is 11.7 Å². The predicted molar refractivity (Wildman–Crippen MR) is 138 cm³/mol. The van der Waals surface area contributed by atoms with Gasteiger partial charge in [-0.3, -0.25) is 19.5 Å². The molecular weight excluding hydrogens is 454 g/mol. The monoisotopic (exact) mass is 477 g/mol. The molecule has 1 atom stereocenters. The van der Waals surface area contributed by atoms with E-state index in [4.69, 9.17) is 4.74 Å². The highest BCUT2D eigenvalue weighted by atomic mass is 16.5. The number of carbonyl (C=O) groups is 2. The van der Waals surface area contributed by atoms with E-state index >= 15 is 0 Å². The molecule has 1 amide bonds. The zero-order valence-electron chi connectivity index (χ0n) is 19.6. The normalized spacial score (nSPS) is 18.9. The lowest BCUT2D eigenvalue weighted by atomic mass is 9.97. The van der Waals surface area contributed by atoms with Gasteiger partial charge in [0.2, 0.25) is 0 Å². The van der Waals surface area contributed by atoms with Crippen LogP contribution in [0, 0.1) is 0 Å². The molecule has 0 aliphatic carbocycles. The van der Waals surface area contributed by atoms with E-state index in [1.165, 1.54) is 4.90 Å². The fourth-order valence-corrected chi connectivity index (χ4v) is 4.97. The Bertz CT molecular complexity index is 1540. The molecule has 0 bridgehead atoms. The van der Waals surface area contributed by atoms with Crippen LogP contribution in [0.15, 0.2) is 90.6 Å². The number of aromatic nitrogens is 1. The summed E-state index contributed by atoms with van der Waals surface area (Å²) in [6, 6.07) is 23.0. The molecular formula is C29H23N3O4. The first-order valence-corrected chi connectivity index (χ1v) is 11.7. The Kier molecular flexibility index (Phi) is 5.18. The number of nitrogens with zero attached hydrogens (tertiary/aromatic N) is 3. The molecule has 178 valence electrons. The summed E-state index contributed by atoms with van der Waals surface area (Å²) in [4.78, 5) is 35.0. The Balaban J connectivity index is 1.57. The van der Waals surface area contributed by atoms with Crippen LogP contribution in [0.4, 0.5) is 11.4 Å². The highest BCUT2D eigenvalue weighted by Crippen LogP contribution is 2.44. The van der Waals surface area contributed by atoms with Crippen LogP contribution in [-0.4, -0.2) is 42.0 Å². The number of hydrogen-bond acceptors (Lipinski definition) is 6. The number of fused-ring (bicyclic) bond motifs is 2. The van der Waals surface area contributed by atoms with E-state index in [9.17, 15) is 14.7 Å². The summed E-state index contributed by atoms with van der Waals surface area (Å²) < 4.78 is 5.72. The quantitative estimate of drug-likeness (QED) is 0.262. The number of likely N-dealkylation sites (N-methyl/N-ethyl adjacent to an activating group) is 1. The van der Waals surface area contributed by atoms with Crippen molar-refractivity contribution in [2.24, 2.45) is 0 Å². The summed E-state index contributed by atoms with van der Waals surface area (Å²) in [5.41, 5.74) is 2.32. The second-order valence-corrected chi connectivity index (χ2v) is 8.87. The van der Waals surface area contributed by atoms with Crippen LogP contribution >= 0.6 is 0 Å². The minimum atomic E-state index is -0.887. The first-order valence-electron chi connectivity index (χ1n) is 11.7. The van der Waals surface area contributed by atoms with Gasteiger partial charge in [0.15, 0.2) is 0 Å². The second kappa shape index (κ2) is 8.53. The zero-order chi connectivity index (χ0) is 24.8. The number of carbonyl (C=O) groups excluding carboxylic acids is 2. The molecule has 1 N–H and O–H groups in total. The molecule has 7 nitrogen and oxygen atoms in total. The first kappa shape index (κ1) is 21.9.